The highest BCUT2D eigenvalue weighted by atomic mass is 16.5. The average Bonchev–Trinajstić information content (AvgIpc) is 3.04. The lowest BCUT2D eigenvalue weighted by atomic mass is 10.1. The minimum Gasteiger partial charge on any atom is -0.385 e. The number of rotatable bonds is 4. The van der Waals surface area contributed by atoms with Crippen LogP contribution in [-0.2, 0) is 6.54 Å². The van der Waals surface area contributed by atoms with Crippen molar-refractivity contribution in [1.29, 1.82) is 0 Å². The zero-order chi connectivity index (χ0) is 19.0. The maximum Gasteiger partial charge on any atom is 0.167 e. The van der Waals surface area contributed by atoms with E-state index in [1.807, 2.05) is 41.8 Å². The maximum absolute atomic E-state index is 9.86. The fourth-order valence-electron chi connectivity index (χ4n) is 2.88. The molecular formula is C21H22N4O2. The Morgan fingerprint density at radius 1 is 1.33 bits per heavy atom. The van der Waals surface area contributed by atoms with Gasteiger partial charge in [-0.05, 0) is 51.0 Å². The molecule has 2 aromatic heterocycles. The average molecular weight is 362 g/mol. The van der Waals surface area contributed by atoms with Gasteiger partial charge in [0, 0.05) is 29.1 Å². The second kappa shape index (κ2) is 6.69. The molecule has 6 nitrogen and oxygen atoms in total. The first-order chi connectivity index (χ1) is 12.9. The van der Waals surface area contributed by atoms with E-state index in [4.69, 9.17) is 10.3 Å². The standard InChI is InChI=1S/C21H22N4O2/c1-14-12-23-20(15(2)26)25(14)13-18-11-19(27-24-18)17-5-3-16(4-6-17)7-8-21(22)9-10-21/h3-6,11-12,15,26H,9-10,13,22H2,1-2H3/t15-/m0/s1. The minimum absolute atomic E-state index is 0.269. The highest BCUT2D eigenvalue weighted by Gasteiger charge is 2.36. The molecule has 1 atom stereocenters. The topological polar surface area (TPSA) is 90.1 Å². The predicted molar refractivity (Wildman–Crippen MR) is 102 cm³/mol. The van der Waals surface area contributed by atoms with Gasteiger partial charge in [-0.15, -0.1) is 0 Å². The quantitative estimate of drug-likeness (QED) is 0.697. The predicted octanol–water partition coefficient (Wildman–Crippen LogP) is 2.79. The molecular weight excluding hydrogens is 340 g/mol. The Balaban J connectivity index is 1.51. The largest absolute Gasteiger partial charge is 0.385 e. The molecule has 138 valence electrons. The van der Waals surface area contributed by atoms with Crippen LogP contribution < -0.4 is 5.73 Å². The number of aromatic nitrogens is 3. The monoisotopic (exact) mass is 362 g/mol. The third-order valence-corrected chi connectivity index (χ3v) is 4.75. The van der Waals surface area contributed by atoms with Crippen molar-refractivity contribution in [2.45, 2.75) is 44.9 Å². The van der Waals surface area contributed by atoms with E-state index >= 15 is 0 Å². The summed E-state index contributed by atoms with van der Waals surface area (Å²) < 4.78 is 7.44. The molecule has 2 heterocycles. The molecule has 4 rings (SSSR count). The van der Waals surface area contributed by atoms with Crippen molar-refractivity contribution >= 4 is 0 Å². The van der Waals surface area contributed by atoms with Gasteiger partial charge < -0.3 is 19.9 Å². The van der Waals surface area contributed by atoms with Crippen LogP contribution >= 0.6 is 0 Å². The number of aliphatic hydroxyl groups excluding tert-OH is 1. The molecule has 0 unspecified atom stereocenters. The number of imidazole rings is 1. The van der Waals surface area contributed by atoms with Gasteiger partial charge in [0.1, 0.15) is 17.6 Å². The summed E-state index contributed by atoms with van der Waals surface area (Å²) in [7, 11) is 0. The van der Waals surface area contributed by atoms with Crippen molar-refractivity contribution in [3.8, 4) is 23.2 Å². The fraction of sp³-hybridized carbons (Fsp3) is 0.333. The van der Waals surface area contributed by atoms with Crippen molar-refractivity contribution in [2.75, 3.05) is 0 Å². The van der Waals surface area contributed by atoms with E-state index in [1.165, 1.54) is 0 Å². The SMILES string of the molecule is Cc1cnc([C@H](C)O)n1Cc1cc(-c2ccc(C#CC3(N)CC3)cc2)on1. The first-order valence-electron chi connectivity index (χ1n) is 9.02. The van der Waals surface area contributed by atoms with E-state index in [1.54, 1.807) is 13.1 Å². The summed E-state index contributed by atoms with van der Waals surface area (Å²) in [6.07, 6.45) is 3.07. The van der Waals surface area contributed by atoms with Crippen molar-refractivity contribution < 1.29 is 9.63 Å². The Labute approximate surface area is 158 Å². The van der Waals surface area contributed by atoms with Gasteiger partial charge >= 0.3 is 0 Å². The number of nitrogens with zero attached hydrogens (tertiary/aromatic N) is 3. The smallest absolute Gasteiger partial charge is 0.167 e. The molecule has 3 aromatic rings. The molecule has 0 bridgehead atoms. The summed E-state index contributed by atoms with van der Waals surface area (Å²) in [5.74, 6) is 7.56. The van der Waals surface area contributed by atoms with E-state index in [9.17, 15) is 5.11 Å². The lowest BCUT2D eigenvalue weighted by molar-refractivity contribution is 0.184. The van der Waals surface area contributed by atoms with Crippen molar-refractivity contribution in [3.63, 3.8) is 0 Å². The van der Waals surface area contributed by atoms with Crippen LogP contribution in [0.15, 0.2) is 41.1 Å². The van der Waals surface area contributed by atoms with Crippen molar-refractivity contribution in [1.82, 2.24) is 14.7 Å². The third kappa shape index (κ3) is 3.80. The van der Waals surface area contributed by atoms with Gasteiger partial charge in [0.25, 0.3) is 0 Å². The second-order valence-electron chi connectivity index (χ2n) is 7.19. The third-order valence-electron chi connectivity index (χ3n) is 4.75. The van der Waals surface area contributed by atoms with E-state index in [0.717, 1.165) is 35.4 Å². The van der Waals surface area contributed by atoms with Crippen LogP contribution in [0.3, 0.4) is 0 Å². The number of benzene rings is 1. The molecule has 0 amide bonds. The summed E-state index contributed by atoms with van der Waals surface area (Å²) in [5, 5.41) is 14.0. The van der Waals surface area contributed by atoms with E-state index in [2.05, 4.69) is 22.0 Å². The van der Waals surface area contributed by atoms with E-state index < -0.39 is 6.10 Å². The summed E-state index contributed by atoms with van der Waals surface area (Å²) in [4.78, 5) is 4.26. The van der Waals surface area contributed by atoms with Crippen molar-refractivity contribution in [3.05, 3.63) is 59.3 Å². The number of hydrogen-bond acceptors (Lipinski definition) is 5. The van der Waals surface area contributed by atoms with Crippen LogP contribution in [0.4, 0.5) is 0 Å². The van der Waals surface area contributed by atoms with Crippen LogP contribution in [-0.4, -0.2) is 25.4 Å². The molecule has 6 heteroatoms. The molecule has 3 N–H and O–H groups in total. The highest BCUT2D eigenvalue weighted by Crippen LogP contribution is 2.31. The Morgan fingerprint density at radius 2 is 2.07 bits per heavy atom. The van der Waals surface area contributed by atoms with Crippen LogP contribution in [0.2, 0.25) is 0 Å². The molecule has 1 aliphatic carbocycles. The zero-order valence-corrected chi connectivity index (χ0v) is 15.4. The molecule has 1 aromatic carbocycles. The van der Waals surface area contributed by atoms with Gasteiger partial charge in [-0.2, -0.15) is 0 Å². The number of nitrogens with two attached hydrogens (primary N) is 1. The molecule has 27 heavy (non-hydrogen) atoms. The van der Waals surface area contributed by atoms with Gasteiger partial charge in [0.15, 0.2) is 5.76 Å². The molecule has 0 spiro atoms. The lowest BCUT2D eigenvalue weighted by Gasteiger charge is -2.09. The van der Waals surface area contributed by atoms with Crippen LogP contribution in [0.5, 0.6) is 0 Å². The Kier molecular flexibility index (Phi) is 4.34. The fourth-order valence-corrected chi connectivity index (χ4v) is 2.88. The van der Waals surface area contributed by atoms with Gasteiger partial charge in [-0.25, -0.2) is 4.98 Å². The molecule has 0 aliphatic heterocycles. The van der Waals surface area contributed by atoms with E-state index in [0.29, 0.717) is 18.1 Å². The van der Waals surface area contributed by atoms with Gasteiger partial charge in [0.2, 0.25) is 0 Å². The summed E-state index contributed by atoms with van der Waals surface area (Å²) >= 11 is 0. The number of hydrogen-bond donors (Lipinski definition) is 2. The van der Waals surface area contributed by atoms with Gasteiger partial charge in [-0.3, -0.25) is 0 Å². The molecule has 0 radical (unpaired) electrons. The van der Waals surface area contributed by atoms with Crippen LogP contribution in [0.25, 0.3) is 11.3 Å². The Hall–Kier alpha value is -2.88. The minimum atomic E-state index is -0.637. The number of aliphatic hydroxyl groups is 1. The van der Waals surface area contributed by atoms with Gasteiger partial charge in [0.05, 0.1) is 12.1 Å². The van der Waals surface area contributed by atoms with Crippen LogP contribution in [0.1, 0.15) is 48.6 Å². The first-order valence-corrected chi connectivity index (χ1v) is 9.02. The summed E-state index contributed by atoms with van der Waals surface area (Å²) in [5.41, 5.74) is 9.34. The van der Waals surface area contributed by atoms with E-state index in [-0.39, 0.29) is 5.54 Å². The molecule has 0 saturated heterocycles. The number of aryl methyl sites for hydroxylation is 1. The van der Waals surface area contributed by atoms with Gasteiger partial charge in [-0.1, -0.05) is 17.0 Å². The zero-order valence-electron chi connectivity index (χ0n) is 15.4. The molecule has 1 aliphatic rings. The summed E-state index contributed by atoms with van der Waals surface area (Å²) in [6, 6.07) is 9.76. The highest BCUT2D eigenvalue weighted by molar-refractivity contribution is 5.59. The maximum atomic E-state index is 9.86. The lowest BCUT2D eigenvalue weighted by Crippen LogP contribution is -2.18. The first kappa shape index (κ1) is 17.5. The Bertz CT molecular complexity index is 1010. The second-order valence-corrected chi connectivity index (χ2v) is 7.19. The van der Waals surface area contributed by atoms with Crippen molar-refractivity contribution in [2.24, 2.45) is 5.73 Å². The normalized spacial score (nSPS) is 15.9. The Morgan fingerprint density at radius 3 is 2.74 bits per heavy atom. The van der Waals surface area contributed by atoms with Crippen LogP contribution in [0, 0.1) is 18.8 Å². The summed E-state index contributed by atoms with van der Waals surface area (Å²) in [6.45, 7) is 4.15. The molecule has 1 saturated carbocycles. The molecule has 1 fully saturated rings.